The smallest absolute Gasteiger partial charge is 0.00681 e. The van der Waals surface area contributed by atoms with E-state index in [1.807, 2.05) is 0 Å². The highest BCUT2D eigenvalue weighted by Gasteiger charge is 2.19. The molecule has 1 fully saturated rings. The molecule has 2 nitrogen and oxygen atoms in total. The summed E-state index contributed by atoms with van der Waals surface area (Å²) < 4.78 is 0. The molecule has 1 atom stereocenters. The van der Waals surface area contributed by atoms with Gasteiger partial charge in [0.1, 0.15) is 0 Å². The minimum Gasteiger partial charge on any atom is -0.327 e. The van der Waals surface area contributed by atoms with E-state index < -0.39 is 0 Å². The highest BCUT2D eigenvalue weighted by atomic mass is 14.9. The van der Waals surface area contributed by atoms with Gasteiger partial charge in [0, 0.05) is 6.04 Å². The van der Waals surface area contributed by atoms with E-state index in [4.69, 9.17) is 5.73 Å². The Bertz CT molecular complexity index is 108. The average Bonchev–Trinajstić information content (AvgIpc) is 2.15. The van der Waals surface area contributed by atoms with Crippen molar-refractivity contribution < 1.29 is 0 Å². The van der Waals surface area contributed by atoms with Crippen LogP contribution >= 0.6 is 0 Å². The predicted octanol–water partition coefficient (Wildman–Crippen LogP) is 1.50. The van der Waals surface area contributed by atoms with Gasteiger partial charge in [0.2, 0.25) is 0 Å². The zero-order valence-electron chi connectivity index (χ0n) is 8.18. The van der Waals surface area contributed by atoms with Gasteiger partial charge in [0.25, 0.3) is 0 Å². The van der Waals surface area contributed by atoms with Gasteiger partial charge in [-0.3, -0.25) is 0 Å². The molecule has 0 amide bonds. The van der Waals surface area contributed by atoms with Crippen molar-refractivity contribution >= 4 is 0 Å². The van der Waals surface area contributed by atoms with E-state index in [0.29, 0.717) is 6.04 Å². The summed E-state index contributed by atoms with van der Waals surface area (Å²) in [6, 6.07) is 0.465. The standard InChI is InChI=1S/C10H22N2/c1-2-3-4-10(11)9-5-7-12-8-6-9/h9-10,12H,2-8,11H2,1H3. The van der Waals surface area contributed by atoms with E-state index in [2.05, 4.69) is 12.2 Å². The van der Waals surface area contributed by atoms with Crippen LogP contribution in [0.25, 0.3) is 0 Å². The molecule has 0 aromatic heterocycles. The molecule has 0 spiro atoms. The molecular weight excluding hydrogens is 148 g/mol. The van der Waals surface area contributed by atoms with Crippen LogP contribution < -0.4 is 11.1 Å². The second-order valence-electron chi connectivity index (χ2n) is 3.89. The quantitative estimate of drug-likeness (QED) is 0.671. The van der Waals surface area contributed by atoms with E-state index >= 15 is 0 Å². The lowest BCUT2D eigenvalue weighted by molar-refractivity contribution is 0.304. The van der Waals surface area contributed by atoms with Crippen molar-refractivity contribution in [3.05, 3.63) is 0 Å². The number of nitrogens with two attached hydrogens (primary N) is 1. The summed E-state index contributed by atoms with van der Waals surface area (Å²) >= 11 is 0. The summed E-state index contributed by atoms with van der Waals surface area (Å²) in [6.45, 7) is 4.57. The zero-order valence-corrected chi connectivity index (χ0v) is 8.18. The maximum atomic E-state index is 6.11. The molecule has 0 aliphatic carbocycles. The lowest BCUT2D eigenvalue weighted by Crippen LogP contribution is -2.38. The number of nitrogens with one attached hydrogen (secondary N) is 1. The zero-order chi connectivity index (χ0) is 8.81. The number of piperidine rings is 1. The first-order chi connectivity index (χ1) is 5.84. The Balaban J connectivity index is 2.15. The average molecular weight is 170 g/mol. The van der Waals surface area contributed by atoms with Gasteiger partial charge in [-0.25, -0.2) is 0 Å². The highest BCUT2D eigenvalue weighted by Crippen LogP contribution is 2.18. The fraction of sp³-hybridized carbons (Fsp3) is 1.00. The Labute approximate surface area is 75.9 Å². The third-order valence-corrected chi connectivity index (χ3v) is 2.88. The summed E-state index contributed by atoms with van der Waals surface area (Å²) in [5.41, 5.74) is 6.11. The second kappa shape index (κ2) is 5.55. The molecule has 0 radical (unpaired) electrons. The first-order valence-electron chi connectivity index (χ1n) is 5.31. The van der Waals surface area contributed by atoms with Crippen molar-refractivity contribution in [1.29, 1.82) is 0 Å². The minimum absolute atomic E-state index is 0.465. The van der Waals surface area contributed by atoms with Gasteiger partial charge in [-0.05, 0) is 38.3 Å². The molecule has 0 aromatic rings. The molecule has 0 aromatic carbocycles. The third kappa shape index (κ3) is 3.11. The summed E-state index contributed by atoms with van der Waals surface area (Å²) in [7, 11) is 0. The minimum atomic E-state index is 0.465. The van der Waals surface area contributed by atoms with Crippen LogP contribution in [-0.4, -0.2) is 19.1 Å². The van der Waals surface area contributed by atoms with Gasteiger partial charge < -0.3 is 11.1 Å². The first kappa shape index (κ1) is 10.0. The normalized spacial score (nSPS) is 22.5. The molecule has 12 heavy (non-hydrogen) atoms. The Morgan fingerprint density at radius 3 is 2.67 bits per heavy atom. The number of hydrogen-bond donors (Lipinski definition) is 2. The van der Waals surface area contributed by atoms with Gasteiger partial charge in [0.15, 0.2) is 0 Å². The molecule has 1 aliphatic rings. The molecule has 1 heterocycles. The molecule has 2 heteroatoms. The fourth-order valence-electron chi connectivity index (χ4n) is 1.95. The second-order valence-corrected chi connectivity index (χ2v) is 3.89. The molecule has 1 unspecified atom stereocenters. The highest BCUT2D eigenvalue weighted by molar-refractivity contribution is 4.77. The molecular formula is C10H22N2. The summed E-state index contributed by atoms with van der Waals surface area (Å²) in [5.74, 6) is 0.790. The van der Waals surface area contributed by atoms with Gasteiger partial charge in [-0.15, -0.1) is 0 Å². The maximum Gasteiger partial charge on any atom is 0.00681 e. The van der Waals surface area contributed by atoms with Crippen molar-refractivity contribution in [3.8, 4) is 0 Å². The van der Waals surface area contributed by atoms with Crippen LogP contribution in [0, 0.1) is 5.92 Å². The van der Waals surface area contributed by atoms with E-state index in [0.717, 1.165) is 5.92 Å². The predicted molar refractivity (Wildman–Crippen MR) is 53.1 cm³/mol. The van der Waals surface area contributed by atoms with E-state index in [1.54, 1.807) is 0 Å². The topological polar surface area (TPSA) is 38.0 Å². The van der Waals surface area contributed by atoms with Crippen molar-refractivity contribution in [3.63, 3.8) is 0 Å². The van der Waals surface area contributed by atoms with E-state index in [9.17, 15) is 0 Å². The van der Waals surface area contributed by atoms with Crippen molar-refractivity contribution in [1.82, 2.24) is 5.32 Å². The SMILES string of the molecule is CCCCC(N)C1CCNCC1. The summed E-state index contributed by atoms with van der Waals surface area (Å²) in [6.07, 6.45) is 6.36. The van der Waals surface area contributed by atoms with Gasteiger partial charge in [-0.2, -0.15) is 0 Å². The molecule has 0 saturated carbocycles. The molecule has 1 rings (SSSR count). The van der Waals surface area contributed by atoms with Crippen molar-refractivity contribution in [2.45, 2.75) is 45.1 Å². The molecule has 1 aliphatic heterocycles. The Kier molecular flexibility index (Phi) is 4.62. The third-order valence-electron chi connectivity index (χ3n) is 2.88. The van der Waals surface area contributed by atoms with Crippen LogP contribution in [0.15, 0.2) is 0 Å². The number of rotatable bonds is 4. The van der Waals surface area contributed by atoms with Gasteiger partial charge in [0.05, 0.1) is 0 Å². The van der Waals surface area contributed by atoms with Crippen LogP contribution in [0.5, 0.6) is 0 Å². The van der Waals surface area contributed by atoms with E-state index in [-0.39, 0.29) is 0 Å². The van der Waals surface area contributed by atoms with Crippen LogP contribution in [0.3, 0.4) is 0 Å². The van der Waals surface area contributed by atoms with Crippen LogP contribution in [0.4, 0.5) is 0 Å². The number of unbranched alkanes of at least 4 members (excludes halogenated alkanes) is 1. The Morgan fingerprint density at radius 1 is 1.42 bits per heavy atom. The Hall–Kier alpha value is -0.0800. The maximum absolute atomic E-state index is 6.11. The van der Waals surface area contributed by atoms with Crippen molar-refractivity contribution in [2.75, 3.05) is 13.1 Å². The number of hydrogen-bond acceptors (Lipinski definition) is 2. The molecule has 0 bridgehead atoms. The monoisotopic (exact) mass is 170 g/mol. The van der Waals surface area contributed by atoms with Crippen LogP contribution in [-0.2, 0) is 0 Å². The Morgan fingerprint density at radius 2 is 2.08 bits per heavy atom. The first-order valence-corrected chi connectivity index (χ1v) is 5.31. The largest absolute Gasteiger partial charge is 0.327 e. The van der Waals surface area contributed by atoms with Crippen LogP contribution in [0.2, 0.25) is 0 Å². The lowest BCUT2D eigenvalue weighted by atomic mass is 9.88. The molecule has 1 saturated heterocycles. The molecule has 3 N–H and O–H groups in total. The summed E-state index contributed by atoms with van der Waals surface area (Å²) in [5, 5.41) is 3.37. The molecule has 72 valence electrons. The summed E-state index contributed by atoms with van der Waals surface area (Å²) in [4.78, 5) is 0. The van der Waals surface area contributed by atoms with Gasteiger partial charge in [-0.1, -0.05) is 19.8 Å². The van der Waals surface area contributed by atoms with Crippen LogP contribution in [0.1, 0.15) is 39.0 Å². The fourth-order valence-corrected chi connectivity index (χ4v) is 1.95. The van der Waals surface area contributed by atoms with Crippen molar-refractivity contribution in [2.24, 2.45) is 11.7 Å². The lowest BCUT2D eigenvalue weighted by Gasteiger charge is -2.27. The van der Waals surface area contributed by atoms with Gasteiger partial charge >= 0.3 is 0 Å². The van der Waals surface area contributed by atoms with E-state index in [1.165, 1.54) is 45.2 Å².